The van der Waals surface area contributed by atoms with E-state index in [1.807, 2.05) is 5.32 Å². The number of nitrogen functional groups attached to an aromatic ring is 1. The topological polar surface area (TPSA) is 184 Å². The fourth-order valence-electron chi connectivity index (χ4n) is 4.29. The Morgan fingerprint density at radius 3 is 2.14 bits per heavy atom. The second-order valence-electron chi connectivity index (χ2n) is 10.5. The van der Waals surface area contributed by atoms with Crippen LogP contribution in [0.2, 0.25) is 5.02 Å². The number of benzene rings is 3. The van der Waals surface area contributed by atoms with Gasteiger partial charge >= 0.3 is 28.3 Å². The van der Waals surface area contributed by atoms with Crippen LogP contribution >= 0.6 is 11.6 Å². The summed E-state index contributed by atoms with van der Waals surface area (Å²) in [5, 5.41) is 2.53. The highest BCUT2D eigenvalue weighted by Gasteiger charge is 2.33. The van der Waals surface area contributed by atoms with Crippen molar-refractivity contribution in [2.24, 2.45) is 0 Å². The number of hydroxylamine groups is 1. The molecular weight excluding hydrogens is 725 g/mol. The molecule has 5 rings (SSSR count). The summed E-state index contributed by atoms with van der Waals surface area (Å²) in [6.45, 7) is 1.70. The van der Waals surface area contributed by atoms with Gasteiger partial charge in [-0.05, 0) is 61.0 Å². The lowest BCUT2D eigenvalue weighted by Gasteiger charge is -2.22. The van der Waals surface area contributed by atoms with Crippen LogP contribution in [0.15, 0.2) is 101 Å². The summed E-state index contributed by atoms with van der Waals surface area (Å²) in [6, 6.07) is 13.2. The number of carbonyl (C=O) groups excluding carboxylic acids is 1. The van der Waals surface area contributed by atoms with Gasteiger partial charge in [0.1, 0.15) is 17.3 Å². The fraction of sp³-hybridized carbons (Fsp3) is 0.0968. The third-order valence-corrected chi connectivity index (χ3v) is 9.28. The average Bonchev–Trinajstić information content (AvgIpc) is 3.05. The lowest BCUT2D eigenvalue weighted by atomic mass is 10.1. The number of halogens is 4. The summed E-state index contributed by atoms with van der Waals surface area (Å²) < 4.78 is 102. The van der Waals surface area contributed by atoms with Crippen molar-refractivity contribution in [2.45, 2.75) is 22.9 Å². The van der Waals surface area contributed by atoms with Gasteiger partial charge in [-0.2, -0.15) is 21.6 Å². The molecule has 2 heterocycles. The van der Waals surface area contributed by atoms with Crippen molar-refractivity contribution in [3.8, 4) is 22.9 Å². The zero-order chi connectivity index (χ0) is 36.4. The molecule has 0 spiro atoms. The molecule has 0 aliphatic carbocycles. The standard InChI is InChI=1S/C31H24ClF3N6O7S2/c1-18-3-10-24(11-4-18)50(45,46)48-41(30(42)40-26-13-20(31(33,34)35)7-12-27(26)49(2,43)44)22-16-38-29(39-17-22)47-23-8-5-19(6-9-23)25-14-21(32)15-37-28(25)36/h3-17H,1-2H3,(H2,36,37)(H,40,42). The first-order valence-electron chi connectivity index (χ1n) is 14.0. The summed E-state index contributed by atoms with van der Waals surface area (Å²) in [5.41, 5.74) is 5.39. The molecule has 0 bridgehead atoms. The second-order valence-corrected chi connectivity index (χ2v) is 14.4. The van der Waals surface area contributed by atoms with Crippen LogP contribution in [0.3, 0.4) is 0 Å². The lowest BCUT2D eigenvalue weighted by Crippen LogP contribution is -2.37. The van der Waals surface area contributed by atoms with E-state index in [0.29, 0.717) is 46.2 Å². The van der Waals surface area contributed by atoms with Gasteiger partial charge in [-0.15, -0.1) is 9.35 Å². The molecule has 3 N–H and O–H groups in total. The van der Waals surface area contributed by atoms with Gasteiger partial charge in [0.15, 0.2) is 9.84 Å². The van der Waals surface area contributed by atoms with E-state index in [-0.39, 0.29) is 27.5 Å². The zero-order valence-electron chi connectivity index (χ0n) is 25.7. The van der Waals surface area contributed by atoms with Gasteiger partial charge in [0.2, 0.25) is 0 Å². The minimum Gasteiger partial charge on any atom is -0.424 e. The molecule has 5 aromatic rings. The normalized spacial score (nSPS) is 12.0. The number of pyridine rings is 1. The smallest absolute Gasteiger partial charge is 0.416 e. The summed E-state index contributed by atoms with van der Waals surface area (Å²) in [6.07, 6.45) is -0.924. The number of nitrogens with two attached hydrogens (primary N) is 1. The first-order valence-corrected chi connectivity index (χ1v) is 17.6. The van der Waals surface area contributed by atoms with Gasteiger partial charge in [-0.25, -0.2) is 28.2 Å². The average molecular weight is 749 g/mol. The van der Waals surface area contributed by atoms with Crippen LogP contribution in [0.5, 0.6) is 11.8 Å². The number of carbonyl (C=O) groups is 1. The third kappa shape index (κ3) is 8.46. The van der Waals surface area contributed by atoms with Gasteiger partial charge in [0.25, 0.3) is 0 Å². The number of amides is 2. The number of hydrogen-bond acceptors (Lipinski definition) is 11. The minimum atomic E-state index is -4.91. The number of sulfone groups is 1. The van der Waals surface area contributed by atoms with E-state index in [1.54, 1.807) is 37.3 Å². The van der Waals surface area contributed by atoms with E-state index in [2.05, 4.69) is 15.0 Å². The Hall–Kier alpha value is -5.30. The lowest BCUT2D eigenvalue weighted by molar-refractivity contribution is -0.137. The predicted molar refractivity (Wildman–Crippen MR) is 177 cm³/mol. The number of aromatic nitrogens is 3. The number of alkyl halides is 3. The van der Waals surface area contributed by atoms with E-state index in [0.717, 1.165) is 12.4 Å². The quantitative estimate of drug-likeness (QED) is 0.154. The number of nitrogens with one attached hydrogen (secondary N) is 1. The fourth-order valence-corrected chi connectivity index (χ4v) is 6.18. The molecular formula is C31H24ClF3N6O7S2. The highest BCUT2D eigenvalue weighted by Crippen LogP contribution is 2.35. The molecule has 2 amide bonds. The summed E-state index contributed by atoms with van der Waals surface area (Å²) >= 11 is 6.02. The molecule has 0 fully saturated rings. The molecule has 3 aromatic carbocycles. The van der Waals surface area contributed by atoms with E-state index >= 15 is 0 Å². The van der Waals surface area contributed by atoms with Gasteiger partial charge in [-0.3, -0.25) is 0 Å². The molecule has 2 aromatic heterocycles. The van der Waals surface area contributed by atoms with Crippen LogP contribution in [-0.4, -0.2) is 44.1 Å². The molecule has 0 atom stereocenters. The van der Waals surface area contributed by atoms with Crippen LogP contribution in [0.4, 0.5) is 35.2 Å². The van der Waals surface area contributed by atoms with Crippen LogP contribution in [0, 0.1) is 6.92 Å². The van der Waals surface area contributed by atoms with E-state index in [1.165, 1.54) is 30.5 Å². The molecule has 0 aliphatic heterocycles. The summed E-state index contributed by atoms with van der Waals surface area (Å²) in [4.78, 5) is 24.5. The molecule has 0 saturated carbocycles. The monoisotopic (exact) mass is 748 g/mol. The third-order valence-electron chi connectivity index (χ3n) is 6.72. The van der Waals surface area contributed by atoms with Crippen LogP contribution < -0.4 is 20.9 Å². The Morgan fingerprint density at radius 2 is 1.54 bits per heavy atom. The largest absolute Gasteiger partial charge is 0.424 e. The molecule has 0 saturated heterocycles. The molecule has 13 nitrogen and oxygen atoms in total. The second kappa shape index (κ2) is 13.9. The number of urea groups is 1. The molecule has 260 valence electrons. The minimum absolute atomic E-state index is 0.142. The van der Waals surface area contributed by atoms with Crippen molar-refractivity contribution in [3.63, 3.8) is 0 Å². The maximum atomic E-state index is 13.5. The first kappa shape index (κ1) is 36.0. The maximum absolute atomic E-state index is 13.5. The highest BCUT2D eigenvalue weighted by molar-refractivity contribution is 7.90. The van der Waals surface area contributed by atoms with Crippen molar-refractivity contribution >= 4 is 54.8 Å². The van der Waals surface area contributed by atoms with Gasteiger partial charge in [-0.1, -0.05) is 41.4 Å². The van der Waals surface area contributed by atoms with Gasteiger partial charge < -0.3 is 15.8 Å². The summed E-state index contributed by atoms with van der Waals surface area (Å²) in [7, 11) is -8.95. The molecule has 0 radical (unpaired) electrons. The number of nitrogens with zero attached hydrogens (tertiary/aromatic N) is 4. The Labute approximate surface area is 288 Å². The van der Waals surface area contributed by atoms with E-state index in [4.69, 9.17) is 26.4 Å². The molecule has 19 heteroatoms. The number of hydrogen-bond donors (Lipinski definition) is 2. The zero-order valence-corrected chi connectivity index (χ0v) is 28.1. The highest BCUT2D eigenvalue weighted by atomic mass is 35.5. The molecule has 0 aliphatic rings. The molecule has 0 unspecified atom stereocenters. The Balaban J connectivity index is 1.46. The van der Waals surface area contributed by atoms with Crippen molar-refractivity contribution in [3.05, 3.63) is 108 Å². The van der Waals surface area contributed by atoms with Crippen molar-refractivity contribution in [2.75, 3.05) is 22.4 Å². The SMILES string of the molecule is Cc1ccc(S(=O)(=O)ON(C(=O)Nc2cc(C(F)(F)F)ccc2S(C)(=O)=O)c2cnc(Oc3ccc(-c4cc(Cl)cnc4N)cc3)nc2)cc1. The predicted octanol–water partition coefficient (Wildman–Crippen LogP) is 6.66. The van der Waals surface area contributed by atoms with Gasteiger partial charge in [0, 0.05) is 18.0 Å². The maximum Gasteiger partial charge on any atom is 0.416 e. The Morgan fingerprint density at radius 1 is 0.900 bits per heavy atom. The first-order chi connectivity index (χ1) is 23.4. The van der Waals surface area contributed by atoms with Crippen molar-refractivity contribution in [1.29, 1.82) is 0 Å². The van der Waals surface area contributed by atoms with Crippen LogP contribution in [0.1, 0.15) is 11.1 Å². The van der Waals surface area contributed by atoms with Crippen molar-refractivity contribution < 1.29 is 43.8 Å². The van der Waals surface area contributed by atoms with Crippen LogP contribution in [0.25, 0.3) is 11.1 Å². The van der Waals surface area contributed by atoms with Gasteiger partial charge in [0.05, 0.1) is 38.5 Å². The van der Waals surface area contributed by atoms with E-state index in [9.17, 15) is 34.8 Å². The Kier molecular flexibility index (Phi) is 10.0. The Bertz CT molecular complexity index is 2280. The number of aryl methyl sites for hydroxylation is 1. The van der Waals surface area contributed by atoms with Crippen LogP contribution in [-0.2, 0) is 30.4 Å². The molecule has 50 heavy (non-hydrogen) atoms. The summed E-state index contributed by atoms with van der Waals surface area (Å²) in [5.74, 6) is 0.517. The van der Waals surface area contributed by atoms with E-state index < -0.39 is 54.0 Å². The number of anilines is 3. The number of ether oxygens (including phenoxy) is 1. The number of rotatable bonds is 9. The van der Waals surface area contributed by atoms with Crippen molar-refractivity contribution in [1.82, 2.24) is 15.0 Å².